The Morgan fingerprint density at radius 1 is 1.30 bits per heavy atom. The summed E-state index contributed by atoms with van der Waals surface area (Å²) in [7, 11) is 0. The molecule has 0 saturated carbocycles. The minimum absolute atomic E-state index is 0.231. The highest BCUT2D eigenvalue weighted by Gasteiger charge is 2.27. The molecular weight excluding hydrogens is 283 g/mol. The van der Waals surface area contributed by atoms with E-state index >= 15 is 0 Å². The highest BCUT2D eigenvalue weighted by Crippen LogP contribution is 2.27. The third-order valence-corrected chi connectivity index (χ3v) is 2.04. The molecule has 0 aliphatic rings. The number of hydrogen-bond acceptors (Lipinski definition) is 4. The van der Waals surface area contributed by atoms with Gasteiger partial charge in [0, 0.05) is 0 Å². The number of alkyl halides is 3. The molecule has 1 aromatic carbocycles. The smallest absolute Gasteiger partial charge is 0.411 e. The number of carbonyl (C=O) groups excluding carboxylic acids is 1. The maximum absolute atomic E-state index is 11.8. The number of phenols is 1. The third-order valence-electron chi connectivity index (χ3n) is 2.04. The maximum atomic E-state index is 11.8. The Labute approximate surface area is 110 Å². The van der Waals surface area contributed by atoms with E-state index in [1.165, 1.54) is 12.1 Å². The summed E-state index contributed by atoms with van der Waals surface area (Å²) in [4.78, 5) is 22.0. The third kappa shape index (κ3) is 4.76. The number of ether oxygens (including phenoxy) is 1. The number of carboxylic acid groups (broad SMARTS) is 1. The number of carboxylic acids is 1. The first-order chi connectivity index (χ1) is 9.20. The summed E-state index contributed by atoms with van der Waals surface area (Å²) < 4.78 is 39.4. The Morgan fingerprint density at radius 2 is 1.95 bits per heavy atom. The zero-order valence-electron chi connectivity index (χ0n) is 9.90. The van der Waals surface area contributed by atoms with Crippen molar-refractivity contribution in [2.75, 3.05) is 18.5 Å². The number of nitrogens with one attached hydrogen (secondary N) is 1. The lowest BCUT2D eigenvalue weighted by molar-refractivity contribution is -0.174. The van der Waals surface area contributed by atoms with E-state index in [1.54, 1.807) is 0 Å². The van der Waals surface area contributed by atoms with Crippen molar-refractivity contribution in [2.24, 2.45) is 0 Å². The van der Waals surface area contributed by atoms with Gasteiger partial charge < -0.3 is 20.3 Å². The van der Waals surface area contributed by atoms with Crippen LogP contribution in [0, 0.1) is 0 Å². The summed E-state index contributed by atoms with van der Waals surface area (Å²) in [6.07, 6.45) is -4.55. The molecule has 0 heterocycles. The normalized spacial score (nSPS) is 11.2. The predicted octanol–water partition coefficient (Wildman–Crippen LogP) is 1.61. The van der Waals surface area contributed by atoms with Gasteiger partial charge >= 0.3 is 12.1 Å². The summed E-state index contributed by atoms with van der Waals surface area (Å²) in [6.45, 7) is -2.46. The molecule has 0 radical (unpaired) electrons. The van der Waals surface area contributed by atoms with E-state index in [1.807, 2.05) is 5.32 Å². The summed E-state index contributed by atoms with van der Waals surface area (Å²) in [5, 5.41) is 20.3. The molecule has 0 aliphatic heterocycles. The topological polar surface area (TPSA) is 95.9 Å². The fourth-order valence-corrected chi connectivity index (χ4v) is 1.26. The van der Waals surface area contributed by atoms with Crippen LogP contribution in [-0.4, -0.2) is 41.5 Å². The Balaban J connectivity index is 2.63. The van der Waals surface area contributed by atoms with Crippen LogP contribution in [0.15, 0.2) is 18.2 Å². The second-order valence-corrected chi connectivity index (χ2v) is 3.66. The van der Waals surface area contributed by atoms with Crippen molar-refractivity contribution in [2.45, 2.75) is 6.18 Å². The van der Waals surface area contributed by atoms with E-state index in [0.717, 1.165) is 6.07 Å². The number of amides is 1. The molecule has 0 unspecified atom stereocenters. The summed E-state index contributed by atoms with van der Waals surface area (Å²) in [5.41, 5.74) is -0.676. The lowest BCUT2D eigenvalue weighted by atomic mass is 10.1. The second kappa shape index (κ2) is 6.24. The van der Waals surface area contributed by atoms with E-state index in [-0.39, 0.29) is 5.69 Å². The van der Waals surface area contributed by atoms with Gasteiger partial charge in [-0.1, -0.05) is 6.07 Å². The van der Waals surface area contributed by atoms with E-state index < -0.39 is 42.6 Å². The first-order valence-electron chi connectivity index (χ1n) is 5.20. The van der Waals surface area contributed by atoms with Crippen molar-refractivity contribution in [3.8, 4) is 5.75 Å². The number of para-hydroxylation sites is 1. The van der Waals surface area contributed by atoms with Crippen molar-refractivity contribution in [3.63, 3.8) is 0 Å². The lowest BCUT2D eigenvalue weighted by Crippen LogP contribution is -2.24. The molecule has 0 atom stereocenters. The van der Waals surface area contributed by atoms with Gasteiger partial charge in [0.1, 0.15) is 18.8 Å². The number of hydrogen-bond donors (Lipinski definition) is 3. The molecule has 0 aliphatic carbocycles. The minimum Gasteiger partial charge on any atom is -0.505 e. The molecule has 0 bridgehead atoms. The minimum atomic E-state index is -4.55. The summed E-state index contributed by atoms with van der Waals surface area (Å²) in [5.74, 6) is -3.05. The largest absolute Gasteiger partial charge is 0.505 e. The number of halogens is 3. The molecule has 1 aromatic rings. The Kier molecular flexibility index (Phi) is 4.92. The fourth-order valence-electron chi connectivity index (χ4n) is 1.26. The van der Waals surface area contributed by atoms with Gasteiger partial charge in [-0.2, -0.15) is 13.2 Å². The number of anilines is 1. The first-order valence-corrected chi connectivity index (χ1v) is 5.20. The van der Waals surface area contributed by atoms with Crippen LogP contribution in [0.4, 0.5) is 18.9 Å². The quantitative estimate of drug-likeness (QED) is 0.717. The molecule has 0 aromatic heterocycles. The molecule has 6 nitrogen and oxygen atoms in total. The van der Waals surface area contributed by atoms with Crippen LogP contribution in [0.25, 0.3) is 0 Å². The van der Waals surface area contributed by atoms with Crippen LogP contribution in [0.5, 0.6) is 5.75 Å². The highest BCUT2D eigenvalue weighted by atomic mass is 19.4. The van der Waals surface area contributed by atoms with Crippen LogP contribution in [-0.2, 0) is 9.53 Å². The molecule has 3 N–H and O–H groups in total. The zero-order valence-corrected chi connectivity index (χ0v) is 9.90. The summed E-state index contributed by atoms with van der Waals surface area (Å²) >= 11 is 0. The monoisotopic (exact) mass is 293 g/mol. The van der Waals surface area contributed by atoms with Gasteiger partial charge in [0.05, 0.1) is 5.69 Å². The number of aromatic hydroxyl groups is 1. The second-order valence-electron chi connectivity index (χ2n) is 3.66. The van der Waals surface area contributed by atoms with E-state index in [0.29, 0.717) is 0 Å². The lowest BCUT2D eigenvalue weighted by Gasteiger charge is -2.10. The van der Waals surface area contributed by atoms with Gasteiger partial charge in [-0.05, 0) is 12.1 Å². The van der Waals surface area contributed by atoms with Crippen LogP contribution >= 0.6 is 0 Å². The van der Waals surface area contributed by atoms with Crippen LogP contribution in [0.2, 0.25) is 0 Å². The van der Waals surface area contributed by atoms with Crippen molar-refractivity contribution in [1.29, 1.82) is 0 Å². The van der Waals surface area contributed by atoms with Gasteiger partial charge in [0.25, 0.3) is 0 Å². The molecule has 1 amide bonds. The van der Waals surface area contributed by atoms with Gasteiger partial charge in [-0.15, -0.1) is 0 Å². The van der Waals surface area contributed by atoms with Gasteiger partial charge in [-0.3, -0.25) is 4.79 Å². The highest BCUT2D eigenvalue weighted by molar-refractivity contribution is 5.98. The number of aromatic carboxylic acids is 1. The first kappa shape index (κ1) is 15.8. The van der Waals surface area contributed by atoms with Crippen molar-refractivity contribution in [3.05, 3.63) is 23.8 Å². The number of benzene rings is 1. The van der Waals surface area contributed by atoms with Gasteiger partial charge in [0.15, 0.2) is 5.75 Å². The average molecular weight is 293 g/mol. The molecule has 0 spiro atoms. The van der Waals surface area contributed by atoms with Crippen LogP contribution < -0.4 is 5.32 Å². The SMILES string of the molecule is O=C(COCC(F)(F)F)Nc1cccc(C(=O)O)c1O. The molecule has 110 valence electrons. The molecule has 0 saturated heterocycles. The predicted molar refractivity (Wildman–Crippen MR) is 60.6 cm³/mol. The fraction of sp³-hybridized carbons (Fsp3) is 0.273. The molecule has 1 rings (SSSR count). The van der Waals surface area contributed by atoms with Crippen LogP contribution in [0.3, 0.4) is 0 Å². The summed E-state index contributed by atoms with van der Waals surface area (Å²) in [6, 6.07) is 3.56. The van der Waals surface area contributed by atoms with E-state index in [4.69, 9.17) is 5.11 Å². The molecule has 0 fully saturated rings. The Bertz CT molecular complexity index is 515. The standard InChI is InChI=1S/C11H10F3NO5/c12-11(13,14)5-20-4-8(16)15-7-3-1-2-6(9(7)17)10(18)19/h1-3,17H,4-5H2,(H,15,16)(H,18,19). The van der Waals surface area contributed by atoms with E-state index in [9.17, 15) is 27.9 Å². The molecule has 20 heavy (non-hydrogen) atoms. The Morgan fingerprint density at radius 3 is 2.50 bits per heavy atom. The van der Waals surface area contributed by atoms with Gasteiger partial charge in [-0.25, -0.2) is 4.79 Å². The zero-order chi connectivity index (χ0) is 15.3. The van der Waals surface area contributed by atoms with E-state index in [2.05, 4.69) is 4.74 Å². The Hall–Kier alpha value is -2.29. The van der Waals surface area contributed by atoms with Gasteiger partial charge in [0.2, 0.25) is 5.91 Å². The van der Waals surface area contributed by atoms with Crippen molar-refractivity contribution < 1.29 is 37.7 Å². The average Bonchev–Trinajstić information content (AvgIpc) is 2.29. The van der Waals surface area contributed by atoms with Crippen molar-refractivity contribution >= 4 is 17.6 Å². The number of rotatable bonds is 5. The number of carbonyl (C=O) groups is 2. The maximum Gasteiger partial charge on any atom is 0.411 e. The van der Waals surface area contributed by atoms with Crippen LogP contribution in [0.1, 0.15) is 10.4 Å². The molecule has 9 heteroatoms. The van der Waals surface area contributed by atoms with Crippen molar-refractivity contribution in [1.82, 2.24) is 0 Å². The molecular formula is C11H10F3NO5.